The summed E-state index contributed by atoms with van der Waals surface area (Å²) in [6, 6.07) is 9.48. The minimum atomic E-state index is -0.396. The number of thiophene rings is 1. The third kappa shape index (κ3) is 3.82. The smallest absolute Gasteiger partial charge is 0.264 e. The van der Waals surface area contributed by atoms with Crippen molar-refractivity contribution < 1.29 is 14.0 Å². The van der Waals surface area contributed by atoms with Crippen LogP contribution in [0.2, 0.25) is 0 Å². The van der Waals surface area contributed by atoms with E-state index in [1.54, 1.807) is 23.1 Å². The highest BCUT2D eigenvalue weighted by molar-refractivity contribution is 7.12. The van der Waals surface area contributed by atoms with Gasteiger partial charge < -0.3 is 10.2 Å². The third-order valence-corrected chi connectivity index (χ3v) is 5.03. The average molecular weight is 346 g/mol. The fourth-order valence-electron chi connectivity index (χ4n) is 2.92. The van der Waals surface area contributed by atoms with E-state index in [0.29, 0.717) is 30.8 Å². The van der Waals surface area contributed by atoms with E-state index in [4.69, 9.17) is 0 Å². The zero-order valence-electron chi connectivity index (χ0n) is 13.2. The maximum atomic E-state index is 12.9. The Labute approximate surface area is 144 Å². The van der Waals surface area contributed by atoms with Crippen LogP contribution in [0.1, 0.15) is 28.1 Å². The molecule has 3 rings (SSSR count). The highest BCUT2D eigenvalue weighted by Crippen LogP contribution is 2.22. The highest BCUT2D eigenvalue weighted by atomic mass is 32.1. The summed E-state index contributed by atoms with van der Waals surface area (Å²) >= 11 is 1.39. The van der Waals surface area contributed by atoms with Crippen LogP contribution in [-0.4, -0.2) is 35.8 Å². The number of halogens is 1. The van der Waals surface area contributed by atoms with E-state index in [1.807, 2.05) is 11.4 Å². The number of carbonyl (C=O) groups excluding carboxylic acids is 2. The summed E-state index contributed by atoms with van der Waals surface area (Å²) < 4.78 is 12.9. The van der Waals surface area contributed by atoms with Crippen LogP contribution in [0.5, 0.6) is 0 Å². The molecule has 1 fully saturated rings. The molecule has 1 saturated heterocycles. The lowest BCUT2D eigenvalue weighted by molar-refractivity contribution is -0.124. The Morgan fingerprint density at radius 3 is 2.75 bits per heavy atom. The van der Waals surface area contributed by atoms with Gasteiger partial charge in [-0.3, -0.25) is 9.59 Å². The minimum absolute atomic E-state index is 0.0683. The van der Waals surface area contributed by atoms with Crippen molar-refractivity contribution in [3.63, 3.8) is 0 Å². The van der Waals surface area contributed by atoms with Gasteiger partial charge in [-0.25, -0.2) is 4.39 Å². The summed E-state index contributed by atoms with van der Waals surface area (Å²) in [7, 11) is 0. The molecule has 1 atom stereocenters. The summed E-state index contributed by atoms with van der Waals surface area (Å²) in [5.41, 5.74) is 0.967. The van der Waals surface area contributed by atoms with Crippen molar-refractivity contribution >= 4 is 23.2 Å². The number of carbonyl (C=O) groups is 2. The largest absolute Gasteiger partial charge is 0.354 e. The van der Waals surface area contributed by atoms with E-state index in [-0.39, 0.29) is 17.6 Å². The van der Waals surface area contributed by atoms with E-state index in [9.17, 15) is 14.0 Å². The van der Waals surface area contributed by atoms with Gasteiger partial charge in [0.05, 0.1) is 4.88 Å². The lowest BCUT2D eigenvalue weighted by Crippen LogP contribution is -2.46. The van der Waals surface area contributed by atoms with Crippen LogP contribution in [-0.2, 0) is 11.2 Å². The van der Waals surface area contributed by atoms with Crippen LogP contribution in [0, 0.1) is 5.82 Å². The summed E-state index contributed by atoms with van der Waals surface area (Å²) in [6.45, 7) is 1.09. The first-order valence-corrected chi connectivity index (χ1v) is 8.90. The molecule has 0 saturated carbocycles. The lowest BCUT2D eigenvalue weighted by Gasteiger charge is -2.23. The first-order chi connectivity index (χ1) is 11.6. The number of hydrogen-bond donors (Lipinski definition) is 1. The van der Waals surface area contributed by atoms with Gasteiger partial charge in [0.2, 0.25) is 5.91 Å². The molecule has 0 bridgehead atoms. The van der Waals surface area contributed by atoms with Gasteiger partial charge in [0, 0.05) is 13.1 Å². The van der Waals surface area contributed by atoms with Crippen molar-refractivity contribution in [3.05, 3.63) is 58.0 Å². The Hall–Kier alpha value is -2.21. The van der Waals surface area contributed by atoms with Gasteiger partial charge in [-0.15, -0.1) is 11.3 Å². The molecular weight excluding hydrogens is 327 g/mol. The van der Waals surface area contributed by atoms with Crippen LogP contribution < -0.4 is 5.32 Å². The van der Waals surface area contributed by atoms with Crippen molar-refractivity contribution in [2.75, 3.05) is 13.1 Å². The zero-order chi connectivity index (χ0) is 16.9. The van der Waals surface area contributed by atoms with Gasteiger partial charge in [-0.05, 0) is 48.4 Å². The van der Waals surface area contributed by atoms with Gasteiger partial charge >= 0.3 is 0 Å². The van der Waals surface area contributed by atoms with E-state index >= 15 is 0 Å². The normalized spacial score (nSPS) is 17.0. The monoisotopic (exact) mass is 346 g/mol. The lowest BCUT2D eigenvalue weighted by atomic mass is 10.1. The molecule has 1 aliphatic rings. The molecule has 0 unspecified atom stereocenters. The molecule has 2 aromatic rings. The molecular formula is C18H19FN2O2S. The van der Waals surface area contributed by atoms with Crippen LogP contribution in [0.3, 0.4) is 0 Å². The third-order valence-electron chi connectivity index (χ3n) is 4.17. The number of rotatable bonds is 5. The fourth-order valence-corrected chi connectivity index (χ4v) is 3.60. The van der Waals surface area contributed by atoms with Gasteiger partial charge in [-0.1, -0.05) is 18.2 Å². The minimum Gasteiger partial charge on any atom is -0.354 e. The Kier molecular flexibility index (Phi) is 5.25. The number of nitrogens with one attached hydrogen (secondary N) is 1. The number of nitrogens with zero attached hydrogens (tertiary/aromatic N) is 1. The van der Waals surface area contributed by atoms with Gasteiger partial charge in [-0.2, -0.15) is 0 Å². The van der Waals surface area contributed by atoms with Crippen LogP contribution >= 0.6 is 11.3 Å². The van der Waals surface area contributed by atoms with Crippen molar-refractivity contribution in [3.8, 4) is 0 Å². The molecule has 0 aliphatic carbocycles. The number of benzene rings is 1. The SMILES string of the molecule is O=C(NCCc1ccc(F)cc1)[C@H]1CCCN1C(=O)c1cccs1. The number of amides is 2. The van der Waals surface area contributed by atoms with Crippen LogP contribution in [0.15, 0.2) is 41.8 Å². The molecule has 4 nitrogen and oxygen atoms in total. The first kappa shape index (κ1) is 16.6. The van der Waals surface area contributed by atoms with Crippen molar-refractivity contribution in [2.45, 2.75) is 25.3 Å². The molecule has 1 aliphatic heterocycles. The molecule has 6 heteroatoms. The van der Waals surface area contributed by atoms with Crippen LogP contribution in [0.4, 0.5) is 4.39 Å². The summed E-state index contributed by atoms with van der Waals surface area (Å²) in [4.78, 5) is 27.2. The summed E-state index contributed by atoms with van der Waals surface area (Å²) in [5, 5.41) is 4.76. The summed E-state index contributed by atoms with van der Waals surface area (Å²) in [6.07, 6.45) is 2.17. The molecule has 126 valence electrons. The van der Waals surface area contributed by atoms with E-state index < -0.39 is 6.04 Å². The maximum absolute atomic E-state index is 12.9. The summed E-state index contributed by atoms with van der Waals surface area (Å²) in [5.74, 6) is -0.447. The van der Waals surface area contributed by atoms with Gasteiger partial charge in [0.1, 0.15) is 11.9 Å². The van der Waals surface area contributed by atoms with Crippen molar-refractivity contribution in [1.29, 1.82) is 0 Å². The predicted octanol–water partition coefficient (Wildman–Crippen LogP) is 2.85. The average Bonchev–Trinajstić information content (AvgIpc) is 3.27. The zero-order valence-corrected chi connectivity index (χ0v) is 14.0. The highest BCUT2D eigenvalue weighted by Gasteiger charge is 2.34. The standard InChI is InChI=1S/C18H19FN2O2S/c19-14-7-5-13(6-8-14)9-10-20-17(22)15-3-1-11-21(15)18(23)16-4-2-12-24-16/h2,4-8,12,15H,1,3,9-11H2,(H,20,22)/t15-/m1/s1. The molecule has 1 N–H and O–H groups in total. The van der Waals surface area contributed by atoms with Crippen LogP contribution in [0.25, 0.3) is 0 Å². The van der Waals surface area contributed by atoms with Crippen molar-refractivity contribution in [2.24, 2.45) is 0 Å². The Bertz CT molecular complexity index is 700. The van der Waals surface area contributed by atoms with E-state index in [2.05, 4.69) is 5.32 Å². The molecule has 1 aromatic carbocycles. The number of likely N-dealkylation sites (tertiary alicyclic amines) is 1. The Morgan fingerprint density at radius 1 is 1.25 bits per heavy atom. The Morgan fingerprint density at radius 2 is 2.04 bits per heavy atom. The second-order valence-electron chi connectivity index (χ2n) is 5.80. The fraction of sp³-hybridized carbons (Fsp3) is 0.333. The topological polar surface area (TPSA) is 49.4 Å². The molecule has 1 aromatic heterocycles. The van der Waals surface area contributed by atoms with E-state index in [1.165, 1.54) is 23.5 Å². The molecule has 24 heavy (non-hydrogen) atoms. The first-order valence-electron chi connectivity index (χ1n) is 8.02. The quantitative estimate of drug-likeness (QED) is 0.905. The second kappa shape index (κ2) is 7.57. The molecule has 0 spiro atoms. The van der Waals surface area contributed by atoms with Gasteiger partial charge in [0.25, 0.3) is 5.91 Å². The molecule has 2 heterocycles. The molecule has 2 amide bonds. The van der Waals surface area contributed by atoms with Gasteiger partial charge in [0.15, 0.2) is 0 Å². The second-order valence-corrected chi connectivity index (χ2v) is 6.75. The Balaban J connectivity index is 1.54. The molecule has 0 radical (unpaired) electrons. The van der Waals surface area contributed by atoms with Crippen molar-refractivity contribution in [1.82, 2.24) is 10.2 Å². The maximum Gasteiger partial charge on any atom is 0.264 e. The predicted molar refractivity (Wildman–Crippen MR) is 91.5 cm³/mol. The van der Waals surface area contributed by atoms with E-state index in [0.717, 1.165) is 12.0 Å². The number of hydrogen-bond acceptors (Lipinski definition) is 3.